The first-order chi connectivity index (χ1) is 12.1. The molecule has 5 nitrogen and oxygen atoms in total. The molecule has 3 rings (SSSR count). The van der Waals surface area contributed by atoms with Crippen molar-refractivity contribution in [2.45, 2.75) is 56.5 Å². The van der Waals surface area contributed by atoms with Crippen molar-refractivity contribution >= 4 is 5.97 Å². The fourth-order valence-electron chi connectivity index (χ4n) is 4.20. The van der Waals surface area contributed by atoms with Crippen LogP contribution < -0.4 is 9.47 Å². The number of hydrogen-bond donors (Lipinski definition) is 1. The van der Waals surface area contributed by atoms with Crippen molar-refractivity contribution in [1.82, 2.24) is 4.90 Å². The molecule has 0 atom stereocenters. The van der Waals surface area contributed by atoms with Gasteiger partial charge in [-0.2, -0.15) is 0 Å². The number of ether oxygens (including phenoxy) is 2. The maximum absolute atomic E-state index is 12.3. The Kier molecular flexibility index (Phi) is 5.52. The van der Waals surface area contributed by atoms with Gasteiger partial charge in [0.05, 0.1) is 12.5 Å². The van der Waals surface area contributed by atoms with Gasteiger partial charge >= 0.3 is 5.97 Å². The van der Waals surface area contributed by atoms with Crippen LogP contribution in [0.25, 0.3) is 0 Å². The van der Waals surface area contributed by atoms with Crippen LogP contribution in [-0.2, 0) is 10.2 Å². The van der Waals surface area contributed by atoms with Crippen molar-refractivity contribution in [2.75, 3.05) is 27.2 Å². The average molecular weight is 347 g/mol. The van der Waals surface area contributed by atoms with Crippen LogP contribution in [0.5, 0.6) is 11.5 Å². The van der Waals surface area contributed by atoms with Gasteiger partial charge in [-0.05, 0) is 38.8 Å². The fraction of sp³-hybridized carbons (Fsp3) is 0.650. The first-order valence-electron chi connectivity index (χ1n) is 9.33. The molecule has 2 aliphatic rings. The quantitative estimate of drug-likeness (QED) is 0.884. The highest BCUT2D eigenvalue weighted by molar-refractivity contribution is 5.83. The molecule has 0 aromatic heterocycles. The maximum Gasteiger partial charge on any atom is 0.314 e. The average Bonchev–Trinajstić information content (AvgIpc) is 2.64. The van der Waals surface area contributed by atoms with Crippen LogP contribution in [0.15, 0.2) is 18.2 Å². The monoisotopic (exact) mass is 347 g/mol. The topological polar surface area (TPSA) is 59.0 Å². The van der Waals surface area contributed by atoms with E-state index < -0.39 is 11.4 Å². The van der Waals surface area contributed by atoms with Crippen molar-refractivity contribution in [3.8, 4) is 11.5 Å². The van der Waals surface area contributed by atoms with Gasteiger partial charge in [0.15, 0.2) is 11.5 Å². The Morgan fingerprint density at radius 3 is 2.48 bits per heavy atom. The lowest BCUT2D eigenvalue weighted by Gasteiger charge is -2.36. The van der Waals surface area contributed by atoms with Crippen LogP contribution in [0, 0.1) is 0 Å². The van der Waals surface area contributed by atoms with E-state index in [-0.39, 0.29) is 6.10 Å². The number of carboxylic acids is 1. The predicted molar refractivity (Wildman–Crippen MR) is 96.5 cm³/mol. The number of benzene rings is 1. The molecule has 0 spiro atoms. The maximum atomic E-state index is 12.3. The lowest BCUT2D eigenvalue weighted by atomic mass is 9.69. The van der Waals surface area contributed by atoms with Gasteiger partial charge in [-0.1, -0.05) is 31.4 Å². The second kappa shape index (κ2) is 7.65. The number of hydrogen-bond acceptors (Lipinski definition) is 4. The summed E-state index contributed by atoms with van der Waals surface area (Å²) in [6, 6.07) is 5.67. The molecule has 1 saturated heterocycles. The van der Waals surface area contributed by atoms with Crippen molar-refractivity contribution in [3.63, 3.8) is 0 Å². The molecule has 25 heavy (non-hydrogen) atoms. The SMILES string of the molecule is COc1cccc(C2(C(=O)O)CCCCC2)c1OC1CCN(C)CC1. The summed E-state index contributed by atoms with van der Waals surface area (Å²) in [7, 11) is 3.74. The molecule has 0 unspecified atom stereocenters. The van der Waals surface area contributed by atoms with Gasteiger partial charge in [-0.25, -0.2) is 0 Å². The number of para-hydroxylation sites is 1. The van der Waals surface area contributed by atoms with Crippen LogP contribution >= 0.6 is 0 Å². The number of rotatable bonds is 5. The third-order valence-electron chi connectivity index (χ3n) is 5.78. The summed E-state index contributed by atoms with van der Waals surface area (Å²) in [5.41, 5.74) is -0.0638. The van der Waals surface area contributed by atoms with Gasteiger partial charge in [0.25, 0.3) is 0 Å². The van der Waals surface area contributed by atoms with E-state index in [2.05, 4.69) is 11.9 Å². The third kappa shape index (κ3) is 3.61. The Morgan fingerprint density at radius 2 is 1.88 bits per heavy atom. The molecule has 1 aromatic rings. The summed E-state index contributed by atoms with van der Waals surface area (Å²) in [5.74, 6) is 0.542. The molecule has 0 bridgehead atoms. The van der Waals surface area contributed by atoms with Crippen LogP contribution in [0.2, 0.25) is 0 Å². The highest BCUT2D eigenvalue weighted by atomic mass is 16.5. The lowest BCUT2D eigenvalue weighted by molar-refractivity contribution is -0.145. The Hall–Kier alpha value is -1.75. The molecule has 1 heterocycles. The molecule has 2 fully saturated rings. The standard InChI is InChI=1S/C20H29NO4/c1-21-13-9-15(10-14-21)25-18-16(7-6-8-17(18)24-2)20(19(22)23)11-4-3-5-12-20/h6-8,15H,3-5,9-14H2,1-2H3,(H,22,23). The molecule has 0 amide bonds. The lowest BCUT2D eigenvalue weighted by Crippen LogP contribution is -2.39. The van der Waals surface area contributed by atoms with E-state index in [1.807, 2.05) is 18.2 Å². The minimum atomic E-state index is -0.854. The van der Waals surface area contributed by atoms with Gasteiger partial charge in [0.2, 0.25) is 0 Å². The molecule has 1 aliphatic carbocycles. The first kappa shape index (κ1) is 18.1. The second-order valence-corrected chi connectivity index (χ2v) is 7.41. The van der Waals surface area contributed by atoms with Crippen LogP contribution in [-0.4, -0.2) is 49.3 Å². The van der Waals surface area contributed by atoms with E-state index in [0.717, 1.165) is 50.8 Å². The molecule has 5 heteroatoms. The summed E-state index contributed by atoms with van der Waals surface area (Å²) in [4.78, 5) is 14.6. The molecular weight excluding hydrogens is 318 g/mol. The second-order valence-electron chi connectivity index (χ2n) is 7.41. The number of carbonyl (C=O) groups is 1. The smallest absolute Gasteiger partial charge is 0.314 e. The normalized spacial score (nSPS) is 21.7. The zero-order valence-corrected chi connectivity index (χ0v) is 15.3. The zero-order chi connectivity index (χ0) is 17.9. The van der Waals surface area contributed by atoms with Gasteiger partial charge < -0.3 is 19.5 Å². The Morgan fingerprint density at radius 1 is 1.20 bits per heavy atom. The highest BCUT2D eigenvalue weighted by Gasteiger charge is 2.44. The van der Waals surface area contributed by atoms with E-state index in [9.17, 15) is 9.90 Å². The number of piperidine rings is 1. The summed E-state index contributed by atoms with van der Waals surface area (Å²) >= 11 is 0. The van der Waals surface area contributed by atoms with Crippen LogP contribution in [0.4, 0.5) is 0 Å². The Bertz CT molecular complexity index is 602. The van der Waals surface area contributed by atoms with E-state index in [4.69, 9.17) is 9.47 Å². The first-order valence-corrected chi connectivity index (χ1v) is 9.33. The number of likely N-dealkylation sites (tertiary alicyclic amines) is 1. The molecule has 1 aliphatic heterocycles. The molecular formula is C20H29NO4. The number of carboxylic acid groups (broad SMARTS) is 1. The van der Waals surface area contributed by atoms with Crippen LogP contribution in [0.3, 0.4) is 0 Å². The van der Waals surface area contributed by atoms with Gasteiger partial charge in [-0.3, -0.25) is 4.79 Å². The van der Waals surface area contributed by atoms with Crippen molar-refractivity contribution in [1.29, 1.82) is 0 Å². The molecule has 1 N–H and O–H groups in total. The van der Waals surface area contributed by atoms with Crippen molar-refractivity contribution in [2.24, 2.45) is 0 Å². The van der Waals surface area contributed by atoms with Gasteiger partial charge in [0.1, 0.15) is 6.10 Å². The van der Waals surface area contributed by atoms with E-state index in [1.54, 1.807) is 7.11 Å². The summed E-state index contributed by atoms with van der Waals surface area (Å²) < 4.78 is 11.9. The highest BCUT2D eigenvalue weighted by Crippen LogP contribution is 2.47. The van der Waals surface area contributed by atoms with E-state index in [1.165, 1.54) is 0 Å². The number of nitrogens with zero attached hydrogens (tertiary/aromatic N) is 1. The third-order valence-corrected chi connectivity index (χ3v) is 5.78. The van der Waals surface area contributed by atoms with Gasteiger partial charge in [0, 0.05) is 18.7 Å². The minimum Gasteiger partial charge on any atom is -0.493 e. The number of aliphatic carboxylic acids is 1. The van der Waals surface area contributed by atoms with Crippen LogP contribution in [0.1, 0.15) is 50.5 Å². The Balaban J connectivity index is 1.97. The minimum absolute atomic E-state index is 0.112. The predicted octanol–water partition coefficient (Wildman–Crippen LogP) is 3.45. The molecule has 1 saturated carbocycles. The molecule has 138 valence electrons. The van der Waals surface area contributed by atoms with Gasteiger partial charge in [-0.15, -0.1) is 0 Å². The summed E-state index contributed by atoms with van der Waals surface area (Å²) in [6.07, 6.45) is 6.33. The summed E-state index contributed by atoms with van der Waals surface area (Å²) in [5, 5.41) is 10.1. The van der Waals surface area contributed by atoms with Crippen molar-refractivity contribution in [3.05, 3.63) is 23.8 Å². The zero-order valence-electron chi connectivity index (χ0n) is 15.3. The van der Waals surface area contributed by atoms with Crippen molar-refractivity contribution < 1.29 is 19.4 Å². The number of methoxy groups -OCH3 is 1. The Labute approximate surface area is 149 Å². The largest absolute Gasteiger partial charge is 0.493 e. The molecule has 0 radical (unpaired) electrons. The van der Waals surface area contributed by atoms with E-state index in [0.29, 0.717) is 24.3 Å². The van der Waals surface area contributed by atoms with E-state index >= 15 is 0 Å². The fourth-order valence-corrected chi connectivity index (χ4v) is 4.20. The summed E-state index contributed by atoms with van der Waals surface area (Å²) in [6.45, 7) is 2.00. The molecule has 1 aromatic carbocycles.